The number of fused-ring (bicyclic) bond motifs is 1. The molecule has 0 spiro atoms. The Morgan fingerprint density at radius 3 is 2.53 bits per heavy atom. The SMILES string of the molecule is Nc1ccc2c(c1)C(=O)N(Cc1ccc(Br)s1)C2=O. The molecule has 0 radical (unpaired) electrons. The van der Waals surface area contributed by atoms with E-state index in [1.54, 1.807) is 18.2 Å². The van der Waals surface area contributed by atoms with Gasteiger partial charge in [-0.15, -0.1) is 11.3 Å². The molecule has 1 aliphatic rings. The summed E-state index contributed by atoms with van der Waals surface area (Å²) in [6.07, 6.45) is 0. The van der Waals surface area contributed by atoms with Crippen LogP contribution in [-0.4, -0.2) is 16.7 Å². The van der Waals surface area contributed by atoms with Crippen LogP contribution in [0.1, 0.15) is 25.6 Å². The number of carbonyl (C=O) groups excluding carboxylic acids is 2. The molecule has 4 nitrogen and oxygen atoms in total. The van der Waals surface area contributed by atoms with Crippen molar-refractivity contribution in [3.05, 3.63) is 50.1 Å². The summed E-state index contributed by atoms with van der Waals surface area (Å²) in [5.41, 5.74) is 6.96. The zero-order valence-corrected chi connectivity index (χ0v) is 12.1. The van der Waals surface area contributed by atoms with Gasteiger partial charge in [0.05, 0.1) is 21.5 Å². The molecule has 2 heterocycles. The number of benzene rings is 1. The number of nitrogen functional groups attached to an aromatic ring is 1. The second-order valence-electron chi connectivity index (χ2n) is 4.21. The van der Waals surface area contributed by atoms with E-state index in [9.17, 15) is 9.59 Å². The number of anilines is 1. The van der Waals surface area contributed by atoms with Gasteiger partial charge in [0.2, 0.25) is 0 Å². The van der Waals surface area contributed by atoms with Gasteiger partial charge < -0.3 is 5.73 Å². The molecule has 2 amide bonds. The van der Waals surface area contributed by atoms with Crippen molar-refractivity contribution in [3.8, 4) is 0 Å². The minimum atomic E-state index is -0.281. The van der Waals surface area contributed by atoms with Crippen LogP contribution in [0.25, 0.3) is 0 Å². The van der Waals surface area contributed by atoms with Gasteiger partial charge in [-0.25, -0.2) is 0 Å². The van der Waals surface area contributed by atoms with Crippen LogP contribution in [0.4, 0.5) is 5.69 Å². The lowest BCUT2D eigenvalue weighted by atomic mass is 10.1. The van der Waals surface area contributed by atoms with E-state index in [1.165, 1.54) is 16.2 Å². The van der Waals surface area contributed by atoms with Gasteiger partial charge in [0.15, 0.2) is 0 Å². The third-order valence-corrected chi connectivity index (χ3v) is 4.55. The van der Waals surface area contributed by atoms with Gasteiger partial charge in [-0.2, -0.15) is 0 Å². The minimum absolute atomic E-state index is 0.260. The molecule has 2 N–H and O–H groups in total. The number of halogens is 1. The number of nitrogens with zero attached hydrogens (tertiary/aromatic N) is 1. The van der Waals surface area contributed by atoms with E-state index < -0.39 is 0 Å². The first-order valence-corrected chi connectivity index (χ1v) is 7.17. The highest BCUT2D eigenvalue weighted by molar-refractivity contribution is 9.11. The monoisotopic (exact) mass is 336 g/mol. The van der Waals surface area contributed by atoms with Crippen LogP contribution < -0.4 is 5.73 Å². The van der Waals surface area contributed by atoms with Crippen molar-refractivity contribution in [2.45, 2.75) is 6.54 Å². The summed E-state index contributed by atoms with van der Waals surface area (Å²) in [6, 6.07) is 8.59. The molecule has 0 fully saturated rings. The Hall–Kier alpha value is -1.66. The second-order valence-corrected chi connectivity index (χ2v) is 6.75. The van der Waals surface area contributed by atoms with E-state index in [2.05, 4.69) is 15.9 Å². The highest BCUT2D eigenvalue weighted by Crippen LogP contribution is 2.29. The van der Waals surface area contributed by atoms with Crippen LogP contribution in [0.5, 0.6) is 0 Å². The standard InChI is InChI=1S/C13H9BrN2O2S/c14-11-4-2-8(19-11)6-16-12(17)9-3-1-7(15)5-10(9)13(16)18/h1-5H,6,15H2. The maximum atomic E-state index is 12.2. The molecule has 2 aromatic rings. The summed E-state index contributed by atoms with van der Waals surface area (Å²) < 4.78 is 0.975. The molecule has 0 saturated heterocycles. The maximum absolute atomic E-state index is 12.2. The topological polar surface area (TPSA) is 63.4 Å². The van der Waals surface area contributed by atoms with Gasteiger partial charge in [0.25, 0.3) is 11.8 Å². The summed E-state index contributed by atoms with van der Waals surface area (Å²) in [6.45, 7) is 0.294. The first-order chi connectivity index (χ1) is 9.06. The van der Waals surface area contributed by atoms with Crippen LogP contribution in [0.3, 0.4) is 0 Å². The highest BCUT2D eigenvalue weighted by Gasteiger charge is 2.35. The molecule has 96 valence electrons. The Bertz CT molecular complexity index is 696. The van der Waals surface area contributed by atoms with Crippen molar-refractivity contribution in [1.29, 1.82) is 0 Å². The lowest BCUT2D eigenvalue weighted by molar-refractivity contribution is 0.0644. The normalized spacial score (nSPS) is 14.1. The Balaban J connectivity index is 1.94. The van der Waals surface area contributed by atoms with Crippen molar-refractivity contribution in [1.82, 2.24) is 4.90 Å². The quantitative estimate of drug-likeness (QED) is 0.677. The summed E-state index contributed by atoms with van der Waals surface area (Å²) in [7, 11) is 0. The maximum Gasteiger partial charge on any atom is 0.261 e. The second kappa shape index (κ2) is 4.47. The molecular weight excluding hydrogens is 328 g/mol. The lowest BCUT2D eigenvalue weighted by Crippen LogP contribution is -2.28. The van der Waals surface area contributed by atoms with Crippen LogP contribution >= 0.6 is 27.3 Å². The van der Waals surface area contributed by atoms with Gasteiger partial charge in [-0.05, 0) is 46.3 Å². The Morgan fingerprint density at radius 1 is 1.11 bits per heavy atom. The van der Waals surface area contributed by atoms with Crippen LogP contribution in [0.15, 0.2) is 34.1 Å². The van der Waals surface area contributed by atoms with E-state index in [4.69, 9.17) is 5.73 Å². The molecule has 1 aromatic carbocycles. The van der Waals surface area contributed by atoms with Gasteiger partial charge in [0, 0.05) is 10.6 Å². The molecule has 0 atom stereocenters. The van der Waals surface area contributed by atoms with E-state index in [1.807, 2.05) is 12.1 Å². The summed E-state index contributed by atoms with van der Waals surface area (Å²) in [5, 5.41) is 0. The molecule has 1 aliphatic heterocycles. The van der Waals surface area contributed by atoms with Gasteiger partial charge in [0.1, 0.15) is 0 Å². The Kier molecular flexibility index (Phi) is 2.91. The molecule has 1 aromatic heterocycles. The van der Waals surface area contributed by atoms with E-state index >= 15 is 0 Å². The van der Waals surface area contributed by atoms with Crippen LogP contribution in [0.2, 0.25) is 0 Å². The average Bonchev–Trinajstić information content (AvgIpc) is 2.88. The number of imide groups is 1. The molecule has 0 saturated carbocycles. The predicted octanol–water partition coefficient (Wildman–Crippen LogP) is 2.89. The number of amides is 2. The fraction of sp³-hybridized carbons (Fsp3) is 0.0769. The number of hydrogen-bond donors (Lipinski definition) is 1. The minimum Gasteiger partial charge on any atom is -0.399 e. The summed E-state index contributed by atoms with van der Waals surface area (Å²) >= 11 is 4.87. The third kappa shape index (κ3) is 2.06. The largest absolute Gasteiger partial charge is 0.399 e. The molecule has 0 bridgehead atoms. The molecule has 0 aliphatic carbocycles. The van der Waals surface area contributed by atoms with Gasteiger partial charge in [-0.1, -0.05) is 0 Å². The van der Waals surface area contributed by atoms with Crippen molar-refractivity contribution in [2.24, 2.45) is 0 Å². The number of hydrogen-bond acceptors (Lipinski definition) is 4. The summed E-state index contributed by atoms with van der Waals surface area (Å²) in [4.78, 5) is 26.6. The first-order valence-electron chi connectivity index (χ1n) is 5.56. The zero-order chi connectivity index (χ0) is 13.6. The highest BCUT2D eigenvalue weighted by atomic mass is 79.9. The fourth-order valence-corrected chi connectivity index (χ4v) is 3.52. The average molecular weight is 337 g/mol. The van der Waals surface area contributed by atoms with Crippen molar-refractivity contribution >= 4 is 44.8 Å². The number of carbonyl (C=O) groups is 2. The molecule has 19 heavy (non-hydrogen) atoms. The molecule has 0 unspecified atom stereocenters. The Labute approximate surface area is 122 Å². The number of nitrogens with two attached hydrogens (primary N) is 1. The fourth-order valence-electron chi connectivity index (χ4n) is 2.04. The van der Waals surface area contributed by atoms with Crippen LogP contribution in [0, 0.1) is 0 Å². The lowest BCUT2D eigenvalue weighted by Gasteiger charge is -2.11. The molecular formula is C13H9BrN2O2S. The van der Waals surface area contributed by atoms with Gasteiger partial charge in [-0.3, -0.25) is 14.5 Å². The smallest absolute Gasteiger partial charge is 0.261 e. The van der Waals surface area contributed by atoms with Gasteiger partial charge >= 0.3 is 0 Å². The van der Waals surface area contributed by atoms with Crippen molar-refractivity contribution in [3.63, 3.8) is 0 Å². The molecule has 3 rings (SSSR count). The predicted molar refractivity (Wildman–Crippen MR) is 77.1 cm³/mol. The number of thiophene rings is 1. The summed E-state index contributed by atoms with van der Waals surface area (Å²) in [5.74, 6) is -0.540. The van der Waals surface area contributed by atoms with E-state index in [-0.39, 0.29) is 11.8 Å². The van der Waals surface area contributed by atoms with E-state index in [0.717, 1.165) is 8.66 Å². The van der Waals surface area contributed by atoms with Crippen molar-refractivity contribution in [2.75, 3.05) is 5.73 Å². The zero-order valence-electron chi connectivity index (χ0n) is 9.72. The van der Waals surface area contributed by atoms with Crippen molar-refractivity contribution < 1.29 is 9.59 Å². The third-order valence-electron chi connectivity index (χ3n) is 2.94. The van der Waals surface area contributed by atoms with Crippen LogP contribution in [-0.2, 0) is 6.54 Å². The first kappa shape index (κ1) is 12.4. The Morgan fingerprint density at radius 2 is 1.84 bits per heavy atom. The van der Waals surface area contributed by atoms with E-state index in [0.29, 0.717) is 23.4 Å². The number of rotatable bonds is 2. The molecule has 6 heteroatoms.